The number of carbonyl (C=O) groups excluding carboxylic acids is 4. The second-order valence-electron chi connectivity index (χ2n) is 15.8. The fourth-order valence-electron chi connectivity index (χ4n) is 8.51. The van der Waals surface area contributed by atoms with Gasteiger partial charge in [-0.05, 0) is 79.3 Å². The van der Waals surface area contributed by atoms with E-state index in [4.69, 9.17) is 28.4 Å². The lowest BCUT2D eigenvalue weighted by atomic mass is 9.72. The lowest BCUT2D eigenvalue weighted by Gasteiger charge is -2.50. The number of aliphatic hydroxyl groups excluding tert-OH is 1. The van der Waals surface area contributed by atoms with Crippen LogP contribution in [0.3, 0.4) is 0 Å². The number of nitrogens with one attached hydrogen (secondary N) is 1. The van der Waals surface area contributed by atoms with Crippen LogP contribution in [0.25, 0.3) is 0 Å². The highest BCUT2D eigenvalue weighted by Crippen LogP contribution is 2.44. The summed E-state index contributed by atoms with van der Waals surface area (Å²) in [5.74, 6) is -3.81. The van der Waals surface area contributed by atoms with Gasteiger partial charge < -0.3 is 43.7 Å². The highest BCUT2D eigenvalue weighted by Gasteiger charge is 2.55. The average molecular weight is 733 g/mol. The van der Waals surface area contributed by atoms with Crippen LogP contribution in [-0.2, 0) is 38.1 Å². The number of fused-ring (bicyclic) bond motifs is 2. The Morgan fingerprint density at radius 3 is 2.37 bits per heavy atom. The molecule has 1 aromatic rings. The first-order valence-electron chi connectivity index (χ1n) is 18.5. The van der Waals surface area contributed by atoms with Gasteiger partial charge in [-0.15, -0.1) is 0 Å². The molecule has 13 heteroatoms. The summed E-state index contributed by atoms with van der Waals surface area (Å²) in [5.41, 5.74) is -1.43. The lowest BCUT2D eigenvalue weighted by Crippen LogP contribution is -2.64. The normalized spacial score (nSPS) is 40.3. The first-order chi connectivity index (χ1) is 24.3. The molecule has 0 aliphatic carbocycles. The number of likely N-dealkylation sites (N-methyl/N-ethyl adjacent to an activating group) is 1. The van der Waals surface area contributed by atoms with E-state index >= 15 is 0 Å². The summed E-state index contributed by atoms with van der Waals surface area (Å²) >= 11 is 0. The molecule has 3 aliphatic rings. The summed E-state index contributed by atoms with van der Waals surface area (Å²) in [6.45, 7) is 15.8. The average Bonchev–Trinajstić information content (AvgIpc) is 3.10. The Hall–Kier alpha value is -3.10. The van der Waals surface area contributed by atoms with Crippen LogP contribution < -0.4 is 10.1 Å². The zero-order valence-corrected chi connectivity index (χ0v) is 32.8. The van der Waals surface area contributed by atoms with Crippen LogP contribution in [0.1, 0.15) is 91.9 Å². The van der Waals surface area contributed by atoms with Gasteiger partial charge in [0.1, 0.15) is 23.9 Å². The van der Waals surface area contributed by atoms with Crippen LogP contribution in [0, 0.1) is 23.7 Å². The summed E-state index contributed by atoms with van der Waals surface area (Å²) in [7, 11) is 5.31. The van der Waals surface area contributed by atoms with Crippen LogP contribution in [0.4, 0.5) is 5.69 Å². The van der Waals surface area contributed by atoms with E-state index in [0.29, 0.717) is 29.8 Å². The Labute approximate surface area is 308 Å². The van der Waals surface area contributed by atoms with Crippen LogP contribution in [0.2, 0.25) is 0 Å². The van der Waals surface area contributed by atoms with Crippen molar-refractivity contribution in [3.05, 3.63) is 23.8 Å². The fraction of sp³-hybridized carbons (Fsp3) is 0.744. The zero-order valence-electron chi connectivity index (χ0n) is 32.8. The second-order valence-corrected chi connectivity index (χ2v) is 15.8. The summed E-state index contributed by atoms with van der Waals surface area (Å²) in [6, 6.07) is 4.08. The van der Waals surface area contributed by atoms with Gasteiger partial charge in [0, 0.05) is 37.4 Å². The minimum Gasteiger partial charge on any atom is -0.479 e. The predicted octanol–water partition coefficient (Wildman–Crippen LogP) is 4.42. The largest absolute Gasteiger partial charge is 0.479 e. The smallest absolute Gasteiger partial charge is 0.311 e. The van der Waals surface area contributed by atoms with Crippen molar-refractivity contribution in [3.8, 4) is 5.75 Å². The molecule has 14 atom stereocenters. The highest BCUT2D eigenvalue weighted by atomic mass is 16.7. The molecule has 2 saturated heterocycles. The molecule has 0 amide bonds. The maximum absolute atomic E-state index is 14.5. The van der Waals surface area contributed by atoms with E-state index < -0.39 is 83.6 Å². The first kappa shape index (κ1) is 41.7. The lowest BCUT2D eigenvalue weighted by molar-refractivity contribution is -0.303. The molecule has 13 nitrogen and oxygen atoms in total. The maximum Gasteiger partial charge on any atom is 0.311 e. The van der Waals surface area contributed by atoms with Gasteiger partial charge in [0.25, 0.3) is 0 Å². The molecule has 0 bridgehead atoms. The predicted molar refractivity (Wildman–Crippen MR) is 193 cm³/mol. The molecule has 3 heterocycles. The number of hydrogen-bond donors (Lipinski definition) is 2. The molecule has 0 saturated carbocycles. The molecule has 2 N–H and O–H groups in total. The maximum atomic E-state index is 14.5. The standard InChI is InChI=1S/C39H60N2O11/c1-13-30-39(9)34(40-27-17-26(19-42)14-15-29(27)52-39)22(4)31(44)20(2)18-38(8,47-12)35(23(5)32(45)24(6)36(46)50-30)51-37-33(49-25(7)43)28(41(10)11)16-21(3)48-37/h14-15,17,19-24,28,30,32-35,37,40,45H,13,16,18H2,1-12H3/t20-,21-,22+,23+,24-,28+,30-,32+,33-,34?,35-,37?,38-,39-/m1/s1. The third-order valence-electron chi connectivity index (χ3n) is 11.6. The van der Waals surface area contributed by atoms with Gasteiger partial charge in [-0.3, -0.25) is 19.2 Å². The number of methoxy groups -OCH3 is 1. The van der Waals surface area contributed by atoms with Crippen molar-refractivity contribution in [2.24, 2.45) is 23.7 Å². The van der Waals surface area contributed by atoms with Crippen molar-refractivity contribution in [2.75, 3.05) is 26.5 Å². The number of aliphatic hydroxyl groups is 1. The fourth-order valence-corrected chi connectivity index (χ4v) is 8.51. The Balaban J connectivity index is 1.81. The Morgan fingerprint density at radius 2 is 1.79 bits per heavy atom. The number of carbonyl (C=O) groups is 4. The molecule has 4 rings (SSSR count). The van der Waals surface area contributed by atoms with Gasteiger partial charge in [-0.1, -0.05) is 27.7 Å². The monoisotopic (exact) mass is 732 g/mol. The van der Waals surface area contributed by atoms with Gasteiger partial charge >= 0.3 is 11.9 Å². The minimum absolute atomic E-state index is 0.0999. The number of ketones is 1. The number of Topliss-reactive ketones (excluding diaryl/α,β-unsaturated/α-hetero) is 1. The van der Waals surface area contributed by atoms with Crippen LogP contribution in [0.5, 0.6) is 5.75 Å². The molecule has 292 valence electrons. The minimum atomic E-state index is -1.29. The molecule has 0 spiro atoms. The molecule has 2 fully saturated rings. The van der Waals surface area contributed by atoms with Crippen LogP contribution in [-0.4, -0.2) is 115 Å². The van der Waals surface area contributed by atoms with Crippen molar-refractivity contribution in [1.29, 1.82) is 0 Å². The second kappa shape index (κ2) is 16.5. The van der Waals surface area contributed by atoms with E-state index in [9.17, 15) is 24.3 Å². The van der Waals surface area contributed by atoms with Crippen LogP contribution >= 0.6 is 0 Å². The van der Waals surface area contributed by atoms with Crippen molar-refractivity contribution in [1.82, 2.24) is 4.90 Å². The van der Waals surface area contributed by atoms with E-state index in [-0.39, 0.29) is 24.3 Å². The SMILES string of the molecule is CC[C@H]1OC(=O)[C@H](C)[C@@H](O)[C@H](C)[C@@H](OC2O[C@H](C)C[C@H](N(C)C)[C@H]2OC(C)=O)[C@](C)(OC)C[C@@H](C)C(=O)[C@H](C)C2Nc3cc(C=O)ccc3O[C@@]21C. The molecule has 52 heavy (non-hydrogen) atoms. The zero-order chi connectivity index (χ0) is 38.9. The highest BCUT2D eigenvalue weighted by molar-refractivity contribution is 5.85. The third-order valence-corrected chi connectivity index (χ3v) is 11.6. The summed E-state index contributed by atoms with van der Waals surface area (Å²) < 4.78 is 38.0. The number of esters is 2. The van der Waals surface area contributed by atoms with E-state index in [2.05, 4.69) is 5.32 Å². The Bertz CT molecular complexity index is 1450. The number of nitrogens with zero attached hydrogens (tertiary/aromatic N) is 1. The number of rotatable bonds is 7. The number of benzene rings is 1. The van der Waals surface area contributed by atoms with Gasteiger partial charge in [-0.2, -0.15) is 0 Å². The van der Waals surface area contributed by atoms with Crippen molar-refractivity contribution in [3.63, 3.8) is 0 Å². The molecule has 3 aliphatic heterocycles. The van der Waals surface area contributed by atoms with E-state index in [0.717, 1.165) is 6.29 Å². The van der Waals surface area contributed by atoms with E-state index in [1.54, 1.807) is 32.0 Å². The molecule has 0 aromatic heterocycles. The first-order valence-corrected chi connectivity index (χ1v) is 18.5. The summed E-state index contributed by atoms with van der Waals surface area (Å²) in [6.07, 6.45) is -3.33. The topological polar surface area (TPSA) is 159 Å². The van der Waals surface area contributed by atoms with Gasteiger partial charge in [0.2, 0.25) is 0 Å². The number of ether oxygens (including phenoxy) is 6. The third kappa shape index (κ3) is 8.33. The van der Waals surface area contributed by atoms with Crippen molar-refractivity contribution < 1.29 is 52.7 Å². The summed E-state index contributed by atoms with van der Waals surface area (Å²) in [4.78, 5) is 54.5. The van der Waals surface area contributed by atoms with Crippen molar-refractivity contribution in [2.45, 2.75) is 142 Å². The van der Waals surface area contributed by atoms with E-state index in [1.807, 2.05) is 60.5 Å². The number of cyclic esters (lactones) is 1. The molecular weight excluding hydrogens is 672 g/mol. The molecule has 0 radical (unpaired) electrons. The number of anilines is 1. The number of aldehydes is 1. The molecule has 1 aromatic carbocycles. The van der Waals surface area contributed by atoms with Crippen molar-refractivity contribution >= 4 is 29.7 Å². The molecule has 2 unspecified atom stereocenters. The number of hydrogen-bond acceptors (Lipinski definition) is 13. The van der Waals surface area contributed by atoms with Gasteiger partial charge in [0.15, 0.2) is 18.0 Å². The Morgan fingerprint density at radius 1 is 1.12 bits per heavy atom. The van der Waals surface area contributed by atoms with Gasteiger partial charge in [-0.25, -0.2) is 0 Å². The quantitative estimate of drug-likeness (QED) is 0.300. The van der Waals surface area contributed by atoms with Gasteiger partial charge in [0.05, 0.1) is 47.6 Å². The summed E-state index contributed by atoms with van der Waals surface area (Å²) in [5, 5.41) is 15.4. The molecular formula is C39H60N2O11. The van der Waals surface area contributed by atoms with E-state index in [1.165, 1.54) is 14.0 Å². The van der Waals surface area contributed by atoms with Crippen LogP contribution in [0.15, 0.2) is 18.2 Å². The Kier molecular flexibility index (Phi) is 13.2.